The van der Waals surface area contributed by atoms with E-state index in [1.54, 1.807) is 9.80 Å². The van der Waals surface area contributed by atoms with Gasteiger partial charge < -0.3 is 25.5 Å². The van der Waals surface area contributed by atoms with Crippen LogP contribution in [0.5, 0.6) is 0 Å². The predicted octanol–water partition coefficient (Wildman–Crippen LogP) is 2.79. The molecule has 268 valence electrons. The number of carbonyl (C=O) groups is 4. The first-order chi connectivity index (χ1) is 22.7. The van der Waals surface area contributed by atoms with E-state index in [1.807, 2.05) is 65.2 Å². The molecule has 3 saturated heterocycles. The lowest BCUT2D eigenvalue weighted by atomic mass is 9.84. The summed E-state index contributed by atoms with van der Waals surface area (Å²) in [5.41, 5.74) is 0.236. The highest BCUT2D eigenvalue weighted by Crippen LogP contribution is 2.28. The van der Waals surface area contributed by atoms with E-state index in [9.17, 15) is 24.3 Å². The molecular formula is C37H60N6O5. The van der Waals surface area contributed by atoms with Crippen molar-refractivity contribution in [2.75, 3.05) is 46.8 Å². The Labute approximate surface area is 287 Å². The largest absolute Gasteiger partial charge is 0.387 e. The summed E-state index contributed by atoms with van der Waals surface area (Å²) in [6.07, 6.45) is 4.95. The summed E-state index contributed by atoms with van der Waals surface area (Å²) in [7, 11) is 3.79. The monoisotopic (exact) mass is 668 g/mol. The van der Waals surface area contributed by atoms with Gasteiger partial charge in [-0.1, -0.05) is 71.4 Å². The van der Waals surface area contributed by atoms with Crippen LogP contribution in [0.1, 0.15) is 91.2 Å². The van der Waals surface area contributed by atoms with Crippen LogP contribution in [-0.2, 0) is 19.2 Å². The maximum Gasteiger partial charge on any atom is 0.245 e. The maximum absolute atomic E-state index is 14.2. The summed E-state index contributed by atoms with van der Waals surface area (Å²) in [5.74, 6) is -0.382. The van der Waals surface area contributed by atoms with Gasteiger partial charge in [0.2, 0.25) is 23.6 Å². The first-order valence-corrected chi connectivity index (χ1v) is 18.0. The average molecular weight is 669 g/mol. The number of piperidine rings is 1. The van der Waals surface area contributed by atoms with E-state index < -0.39 is 23.6 Å². The van der Waals surface area contributed by atoms with Crippen LogP contribution < -0.4 is 10.6 Å². The Morgan fingerprint density at radius 2 is 1.54 bits per heavy atom. The van der Waals surface area contributed by atoms with Crippen LogP contribution in [0.3, 0.4) is 0 Å². The molecule has 4 rings (SSSR count). The fourth-order valence-corrected chi connectivity index (χ4v) is 7.61. The highest BCUT2D eigenvalue weighted by atomic mass is 16.3. The second-order valence-electron chi connectivity index (χ2n) is 15.6. The van der Waals surface area contributed by atoms with E-state index in [-0.39, 0.29) is 54.2 Å². The second kappa shape index (κ2) is 16.6. The molecule has 0 radical (unpaired) electrons. The molecule has 11 nitrogen and oxygen atoms in total. The van der Waals surface area contributed by atoms with E-state index in [0.717, 1.165) is 50.8 Å². The number of likely N-dealkylation sites (tertiary alicyclic amines) is 3. The van der Waals surface area contributed by atoms with Gasteiger partial charge in [0.1, 0.15) is 12.1 Å². The van der Waals surface area contributed by atoms with Crippen molar-refractivity contribution in [1.82, 2.24) is 30.2 Å². The molecule has 4 amide bonds. The smallest absolute Gasteiger partial charge is 0.245 e. The molecular weight excluding hydrogens is 608 g/mol. The number of hydrogen-bond donors (Lipinski definition) is 3. The van der Waals surface area contributed by atoms with Crippen molar-refractivity contribution in [3.63, 3.8) is 0 Å². The van der Waals surface area contributed by atoms with E-state index in [1.165, 1.54) is 0 Å². The van der Waals surface area contributed by atoms with Gasteiger partial charge in [-0.25, -0.2) is 0 Å². The molecule has 0 aliphatic carbocycles. The standard InChI is InChI=1S/C37H60N6O5/c1-25(2)30(41(7)36(48)32(37(3,4)5)39-34(46)27-17-11-12-20-40(27)6)24-42-21-13-19-29(42)35(47)43-22-14-18-28(43)33(45)38-23-31(44)26-15-9-8-10-16-26/h8-10,15-16,25,27-32,44H,11-14,17-24H2,1-7H3,(H,38,45)(H,39,46)/t27-,28?,29+,30-,31-,32-/m1/s1. The number of hydrogen-bond acceptors (Lipinski definition) is 7. The van der Waals surface area contributed by atoms with Crippen LogP contribution in [-0.4, -0.2) is 125 Å². The van der Waals surface area contributed by atoms with E-state index >= 15 is 0 Å². The van der Waals surface area contributed by atoms with Gasteiger partial charge in [-0.3, -0.25) is 29.0 Å². The lowest BCUT2D eigenvalue weighted by Crippen LogP contribution is -2.61. The number of nitrogens with one attached hydrogen (secondary N) is 2. The Morgan fingerprint density at radius 1 is 0.896 bits per heavy atom. The molecule has 0 spiro atoms. The van der Waals surface area contributed by atoms with Gasteiger partial charge >= 0.3 is 0 Å². The third kappa shape index (κ3) is 9.15. The number of nitrogens with zero attached hydrogens (tertiary/aromatic N) is 4. The van der Waals surface area contributed by atoms with Gasteiger partial charge in [0.05, 0.1) is 18.2 Å². The Balaban J connectivity index is 1.41. The summed E-state index contributed by atoms with van der Waals surface area (Å²) in [5, 5.41) is 16.5. The fourth-order valence-electron chi connectivity index (χ4n) is 7.61. The zero-order chi connectivity index (χ0) is 35.2. The van der Waals surface area contributed by atoms with Crippen LogP contribution in [0.25, 0.3) is 0 Å². The Morgan fingerprint density at radius 3 is 2.19 bits per heavy atom. The van der Waals surface area contributed by atoms with Gasteiger partial charge in [-0.05, 0) is 75.6 Å². The van der Waals surface area contributed by atoms with Gasteiger partial charge in [0, 0.05) is 32.7 Å². The number of aliphatic hydroxyl groups excluding tert-OH is 1. The maximum atomic E-state index is 14.2. The molecule has 3 heterocycles. The molecule has 48 heavy (non-hydrogen) atoms. The number of likely N-dealkylation sites (N-methyl/N-ethyl adjacent to an activating group) is 2. The highest BCUT2D eigenvalue weighted by Gasteiger charge is 2.43. The molecule has 3 aliphatic heterocycles. The zero-order valence-corrected chi connectivity index (χ0v) is 30.3. The zero-order valence-electron chi connectivity index (χ0n) is 30.3. The molecule has 1 unspecified atom stereocenters. The number of carbonyl (C=O) groups excluding carboxylic acids is 4. The Kier molecular flexibility index (Phi) is 13.1. The molecule has 0 aromatic heterocycles. The number of amides is 4. The average Bonchev–Trinajstić information content (AvgIpc) is 3.74. The summed E-state index contributed by atoms with van der Waals surface area (Å²) in [6, 6.07) is 7.19. The van der Waals surface area contributed by atoms with Crippen LogP contribution >= 0.6 is 0 Å². The van der Waals surface area contributed by atoms with Crippen LogP contribution in [0.4, 0.5) is 0 Å². The quantitative estimate of drug-likeness (QED) is 0.313. The Bertz CT molecular complexity index is 1250. The van der Waals surface area contributed by atoms with Crippen molar-refractivity contribution in [2.45, 2.75) is 116 Å². The molecule has 1 aromatic carbocycles. The summed E-state index contributed by atoms with van der Waals surface area (Å²) in [4.78, 5) is 62.7. The SMILES string of the molecule is CC(C)[C@@H](CN1CCC[C@H]1C(=O)N1CCCC1C(=O)NC[C@@H](O)c1ccccc1)N(C)C(=O)[C@@H](NC(=O)[C@H]1CCCCN1C)C(C)(C)C. The van der Waals surface area contributed by atoms with Gasteiger partial charge in [0.15, 0.2) is 0 Å². The first kappa shape index (κ1) is 37.8. The van der Waals surface area contributed by atoms with Gasteiger partial charge in [-0.2, -0.15) is 0 Å². The van der Waals surface area contributed by atoms with Gasteiger partial charge in [0.25, 0.3) is 0 Å². The van der Waals surface area contributed by atoms with E-state index in [4.69, 9.17) is 0 Å². The topological polar surface area (TPSA) is 126 Å². The minimum Gasteiger partial charge on any atom is -0.387 e. The predicted molar refractivity (Wildman–Crippen MR) is 187 cm³/mol. The lowest BCUT2D eigenvalue weighted by Gasteiger charge is -2.41. The first-order valence-electron chi connectivity index (χ1n) is 18.0. The molecule has 6 atom stereocenters. The molecule has 11 heteroatoms. The van der Waals surface area contributed by atoms with Crippen molar-refractivity contribution in [3.05, 3.63) is 35.9 Å². The molecule has 0 saturated carbocycles. The molecule has 3 fully saturated rings. The second-order valence-corrected chi connectivity index (χ2v) is 15.6. The van der Waals surface area contributed by atoms with Crippen LogP contribution in [0.2, 0.25) is 0 Å². The Hall–Kier alpha value is -3.02. The highest BCUT2D eigenvalue weighted by molar-refractivity contribution is 5.91. The number of rotatable bonds is 12. The number of aliphatic hydroxyl groups is 1. The third-order valence-electron chi connectivity index (χ3n) is 10.7. The summed E-state index contributed by atoms with van der Waals surface area (Å²) in [6.45, 7) is 12.9. The van der Waals surface area contributed by atoms with E-state index in [0.29, 0.717) is 25.9 Å². The minimum atomic E-state index is -0.821. The van der Waals surface area contributed by atoms with E-state index in [2.05, 4.69) is 34.3 Å². The summed E-state index contributed by atoms with van der Waals surface area (Å²) < 4.78 is 0. The normalized spacial score (nSPS) is 24.3. The van der Waals surface area contributed by atoms with Crippen LogP contribution in [0.15, 0.2) is 30.3 Å². The molecule has 0 bridgehead atoms. The molecule has 3 N–H and O–H groups in total. The third-order valence-corrected chi connectivity index (χ3v) is 10.7. The van der Waals surface area contributed by atoms with Gasteiger partial charge in [-0.15, -0.1) is 0 Å². The van der Waals surface area contributed by atoms with Crippen molar-refractivity contribution in [1.29, 1.82) is 0 Å². The lowest BCUT2D eigenvalue weighted by molar-refractivity contribution is -0.144. The van der Waals surface area contributed by atoms with Crippen LogP contribution in [0, 0.1) is 11.3 Å². The van der Waals surface area contributed by atoms with Crippen molar-refractivity contribution in [2.24, 2.45) is 11.3 Å². The van der Waals surface area contributed by atoms with Crippen molar-refractivity contribution >= 4 is 23.6 Å². The van der Waals surface area contributed by atoms with Crippen molar-refractivity contribution in [3.8, 4) is 0 Å². The fraction of sp³-hybridized carbons (Fsp3) is 0.730. The molecule has 3 aliphatic rings. The van der Waals surface area contributed by atoms with Crippen molar-refractivity contribution < 1.29 is 24.3 Å². The minimum absolute atomic E-state index is 0.0401. The summed E-state index contributed by atoms with van der Waals surface area (Å²) >= 11 is 0. The number of benzene rings is 1. The molecule has 1 aromatic rings.